The van der Waals surface area contributed by atoms with Crippen molar-refractivity contribution in [2.24, 2.45) is 0 Å². The topological polar surface area (TPSA) is 104 Å². The fourth-order valence-corrected chi connectivity index (χ4v) is 2.79. The van der Waals surface area contributed by atoms with Crippen LogP contribution in [-0.4, -0.2) is 37.9 Å². The molecule has 7 nitrogen and oxygen atoms in total. The molecule has 2 aromatic rings. The zero-order valence-corrected chi connectivity index (χ0v) is 12.3. The van der Waals surface area contributed by atoms with Crippen LogP contribution in [-0.2, 0) is 16.4 Å². The summed E-state index contributed by atoms with van der Waals surface area (Å²) in [7, 11) is -2.06. The number of aromatic nitrogens is 2. The minimum atomic E-state index is -3.58. The lowest BCUT2D eigenvalue weighted by atomic mass is 10.2. The molecular formula is C13H16N4O3S. The first-order chi connectivity index (χ1) is 10.0. The van der Waals surface area contributed by atoms with Crippen molar-refractivity contribution < 1.29 is 13.2 Å². The predicted molar refractivity (Wildman–Crippen MR) is 77.3 cm³/mol. The van der Waals surface area contributed by atoms with Crippen LogP contribution in [0.4, 0.5) is 0 Å². The zero-order chi connectivity index (χ0) is 15.3. The summed E-state index contributed by atoms with van der Waals surface area (Å²) in [4.78, 5) is 18.3. The van der Waals surface area contributed by atoms with E-state index in [2.05, 4.69) is 20.0 Å². The summed E-state index contributed by atoms with van der Waals surface area (Å²) in [5.41, 5.74) is 1.27. The summed E-state index contributed by atoms with van der Waals surface area (Å²) >= 11 is 0. The molecule has 112 valence electrons. The molecular weight excluding hydrogens is 292 g/mol. The Hall–Kier alpha value is -2.19. The normalized spacial score (nSPS) is 11.3. The number of nitrogens with one attached hydrogen (secondary N) is 3. The molecule has 8 heteroatoms. The van der Waals surface area contributed by atoms with Gasteiger partial charge in [-0.05, 0) is 24.3 Å². The van der Waals surface area contributed by atoms with Crippen molar-refractivity contribution in [2.75, 3.05) is 13.6 Å². The van der Waals surface area contributed by atoms with E-state index in [9.17, 15) is 13.2 Å². The van der Waals surface area contributed by atoms with Gasteiger partial charge in [0.1, 0.15) is 0 Å². The van der Waals surface area contributed by atoms with Gasteiger partial charge in [0.25, 0.3) is 5.91 Å². The van der Waals surface area contributed by atoms with Crippen LogP contribution in [0.5, 0.6) is 0 Å². The van der Waals surface area contributed by atoms with Gasteiger partial charge in [0.2, 0.25) is 10.0 Å². The van der Waals surface area contributed by atoms with Gasteiger partial charge >= 0.3 is 0 Å². The number of amides is 1. The van der Waals surface area contributed by atoms with Gasteiger partial charge in [-0.15, -0.1) is 0 Å². The van der Waals surface area contributed by atoms with Crippen molar-refractivity contribution in [3.8, 4) is 0 Å². The van der Waals surface area contributed by atoms with Gasteiger partial charge in [-0.3, -0.25) is 4.79 Å². The number of carbonyl (C=O) groups excluding carboxylic acids is 1. The van der Waals surface area contributed by atoms with Gasteiger partial charge in [0.05, 0.1) is 11.2 Å². The van der Waals surface area contributed by atoms with Gasteiger partial charge in [0, 0.05) is 37.5 Å². The van der Waals surface area contributed by atoms with E-state index in [-0.39, 0.29) is 17.3 Å². The van der Waals surface area contributed by atoms with Gasteiger partial charge in [-0.2, -0.15) is 0 Å². The first kappa shape index (κ1) is 15.2. The number of hydrogen-bond donors (Lipinski definition) is 3. The van der Waals surface area contributed by atoms with Crippen LogP contribution in [0.3, 0.4) is 0 Å². The van der Waals surface area contributed by atoms with Crippen LogP contribution in [0.2, 0.25) is 0 Å². The highest BCUT2D eigenvalue weighted by molar-refractivity contribution is 7.89. The molecule has 1 amide bonds. The van der Waals surface area contributed by atoms with Crippen LogP contribution < -0.4 is 10.0 Å². The van der Waals surface area contributed by atoms with E-state index in [0.29, 0.717) is 12.0 Å². The standard InChI is InChI=1S/C13H16N4O3S/c1-14-13(18)10-2-4-12(5-3-10)21(19,20)17-7-6-11-8-15-9-16-11/h2-5,8-9,17H,6-7H2,1H3,(H,14,18)(H,15,16). The van der Waals surface area contributed by atoms with Gasteiger partial charge < -0.3 is 10.3 Å². The van der Waals surface area contributed by atoms with Crippen LogP contribution in [0.25, 0.3) is 0 Å². The van der Waals surface area contributed by atoms with E-state index in [1.54, 1.807) is 12.5 Å². The van der Waals surface area contributed by atoms with E-state index in [4.69, 9.17) is 0 Å². The molecule has 0 aliphatic rings. The molecule has 0 bridgehead atoms. The molecule has 1 aromatic carbocycles. The quantitative estimate of drug-likeness (QED) is 0.713. The van der Waals surface area contributed by atoms with Crippen molar-refractivity contribution in [3.05, 3.63) is 48.0 Å². The number of rotatable bonds is 6. The maximum absolute atomic E-state index is 12.1. The van der Waals surface area contributed by atoms with Crippen molar-refractivity contribution in [3.63, 3.8) is 0 Å². The minimum Gasteiger partial charge on any atom is -0.355 e. The highest BCUT2D eigenvalue weighted by atomic mass is 32.2. The predicted octanol–water partition coefficient (Wildman–Crippen LogP) is 0.290. The van der Waals surface area contributed by atoms with Crippen LogP contribution in [0, 0.1) is 0 Å². The van der Waals surface area contributed by atoms with E-state index in [0.717, 1.165) is 5.69 Å². The fourth-order valence-electron chi connectivity index (χ4n) is 1.75. The zero-order valence-electron chi connectivity index (χ0n) is 11.5. The molecule has 0 aliphatic carbocycles. The summed E-state index contributed by atoms with van der Waals surface area (Å²) in [6.45, 7) is 0.266. The second-order valence-corrected chi connectivity index (χ2v) is 6.10. The molecule has 0 atom stereocenters. The number of nitrogens with zero attached hydrogens (tertiary/aromatic N) is 1. The molecule has 0 aliphatic heterocycles. The van der Waals surface area contributed by atoms with Crippen LogP contribution >= 0.6 is 0 Å². The lowest BCUT2D eigenvalue weighted by Gasteiger charge is -2.07. The first-order valence-electron chi connectivity index (χ1n) is 6.32. The largest absolute Gasteiger partial charge is 0.355 e. The SMILES string of the molecule is CNC(=O)c1ccc(S(=O)(=O)NCCc2cnc[nH]2)cc1. The summed E-state index contributed by atoms with van der Waals surface area (Å²) in [6, 6.07) is 5.76. The molecule has 3 N–H and O–H groups in total. The summed E-state index contributed by atoms with van der Waals surface area (Å²) in [6.07, 6.45) is 3.71. The Labute approximate surface area is 122 Å². The average Bonchev–Trinajstić information content (AvgIpc) is 2.99. The third-order valence-corrected chi connectivity index (χ3v) is 4.37. The Bertz CT molecular complexity index is 694. The van der Waals surface area contributed by atoms with E-state index in [1.807, 2.05) is 0 Å². The number of carbonyl (C=O) groups is 1. The van der Waals surface area contributed by atoms with E-state index in [1.165, 1.54) is 31.3 Å². The molecule has 0 fully saturated rings. The number of hydrogen-bond acceptors (Lipinski definition) is 4. The minimum absolute atomic E-state index is 0.125. The number of imidazole rings is 1. The second kappa shape index (κ2) is 6.51. The summed E-state index contributed by atoms with van der Waals surface area (Å²) < 4.78 is 26.6. The highest BCUT2D eigenvalue weighted by Gasteiger charge is 2.14. The number of aromatic amines is 1. The molecule has 0 unspecified atom stereocenters. The Balaban J connectivity index is 2.00. The number of H-pyrrole nitrogens is 1. The van der Waals surface area contributed by atoms with Crippen molar-refractivity contribution >= 4 is 15.9 Å². The maximum Gasteiger partial charge on any atom is 0.251 e. The van der Waals surface area contributed by atoms with Crippen molar-refractivity contribution in [1.29, 1.82) is 0 Å². The van der Waals surface area contributed by atoms with Crippen LogP contribution in [0.15, 0.2) is 41.7 Å². The monoisotopic (exact) mass is 308 g/mol. The molecule has 0 radical (unpaired) electrons. The Morgan fingerprint density at radius 2 is 2.00 bits per heavy atom. The molecule has 0 saturated heterocycles. The van der Waals surface area contributed by atoms with Crippen molar-refractivity contribution in [1.82, 2.24) is 20.0 Å². The van der Waals surface area contributed by atoms with Gasteiger partial charge in [-0.1, -0.05) is 0 Å². The molecule has 2 rings (SSSR count). The van der Waals surface area contributed by atoms with Gasteiger partial charge in [0.15, 0.2) is 0 Å². The third-order valence-electron chi connectivity index (χ3n) is 2.90. The molecule has 0 spiro atoms. The van der Waals surface area contributed by atoms with Gasteiger partial charge in [-0.25, -0.2) is 18.1 Å². The Morgan fingerprint density at radius 3 is 2.57 bits per heavy atom. The molecule has 1 aromatic heterocycles. The van der Waals surface area contributed by atoms with E-state index < -0.39 is 10.0 Å². The number of benzene rings is 1. The summed E-state index contributed by atoms with van der Waals surface area (Å²) in [5.74, 6) is -0.258. The first-order valence-corrected chi connectivity index (χ1v) is 7.80. The fraction of sp³-hybridized carbons (Fsp3) is 0.231. The van der Waals surface area contributed by atoms with Crippen LogP contribution in [0.1, 0.15) is 16.1 Å². The molecule has 1 heterocycles. The molecule has 21 heavy (non-hydrogen) atoms. The molecule has 0 saturated carbocycles. The smallest absolute Gasteiger partial charge is 0.251 e. The van der Waals surface area contributed by atoms with Crippen molar-refractivity contribution in [2.45, 2.75) is 11.3 Å². The Morgan fingerprint density at radius 1 is 1.29 bits per heavy atom. The lowest BCUT2D eigenvalue weighted by Crippen LogP contribution is -2.26. The maximum atomic E-state index is 12.1. The number of sulfonamides is 1. The highest BCUT2D eigenvalue weighted by Crippen LogP contribution is 2.10. The Kier molecular flexibility index (Phi) is 4.71. The lowest BCUT2D eigenvalue weighted by molar-refractivity contribution is 0.0963. The average molecular weight is 308 g/mol. The second-order valence-electron chi connectivity index (χ2n) is 4.33. The summed E-state index contributed by atoms with van der Waals surface area (Å²) in [5, 5.41) is 2.48. The third kappa shape index (κ3) is 3.89. The van der Waals surface area contributed by atoms with E-state index >= 15 is 0 Å².